The van der Waals surface area contributed by atoms with Gasteiger partial charge in [0, 0.05) is 18.9 Å². The molecule has 2 N–H and O–H groups in total. The summed E-state index contributed by atoms with van der Waals surface area (Å²) in [6, 6.07) is 3.51. The Hall–Kier alpha value is -2.71. The van der Waals surface area contributed by atoms with Crippen LogP contribution in [-0.2, 0) is 6.54 Å². The van der Waals surface area contributed by atoms with E-state index in [-0.39, 0.29) is 29.5 Å². The van der Waals surface area contributed by atoms with Gasteiger partial charge in [0.2, 0.25) is 5.65 Å². The van der Waals surface area contributed by atoms with Crippen LogP contribution in [0.25, 0.3) is 16.2 Å². The lowest BCUT2D eigenvalue weighted by Gasteiger charge is -2.12. The molecule has 3 rings (SSSR count). The number of hydrogen-bond acceptors (Lipinski definition) is 5. The largest absolute Gasteiger partial charge is 0.394 e. The summed E-state index contributed by atoms with van der Waals surface area (Å²) in [5.74, 6) is -0.415. The van der Waals surface area contributed by atoms with Crippen molar-refractivity contribution in [3.8, 4) is 10.6 Å². The minimum absolute atomic E-state index is 0.141. The molecule has 0 aliphatic rings. The minimum Gasteiger partial charge on any atom is -0.394 e. The molecule has 26 heavy (non-hydrogen) atoms. The van der Waals surface area contributed by atoms with Crippen LogP contribution in [0.1, 0.15) is 23.8 Å². The molecule has 3 heterocycles. The van der Waals surface area contributed by atoms with Gasteiger partial charge in [0.15, 0.2) is 0 Å². The monoisotopic (exact) mass is 372 g/mol. The maximum Gasteiger partial charge on any atom is 0.295 e. The third kappa shape index (κ3) is 3.33. The van der Waals surface area contributed by atoms with E-state index in [0.29, 0.717) is 13.0 Å². The Labute approximate surface area is 154 Å². The van der Waals surface area contributed by atoms with Gasteiger partial charge in [0.1, 0.15) is 5.69 Å². The number of nitrogens with zero attached hydrogens (tertiary/aromatic N) is 3. The van der Waals surface area contributed by atoms with Crippen molar-refractivity contribution in [1.82, 2.24) is 19.3 Å². The summed E-state index contributed by atoms with van der Waals surface area (Å²) in [5.41, 5.74) is 0.768. The molecule has 0 aliphatic carbocycles. The zero-order chi connectivity index (χ0) is 18.7. The molecular formula is C18H20N4O3S. The molecule has 7 nitrogen and oxygen atoms in total. The normalized spacial score (nSPS) is 12.2. The van der Waals surface area contributed by atoms with Gasteiger partial charge in [0.05, 0.1) is 23.2 Å². The fourth-order valence-corrected chi connectivity index (χ4v) is 3.40. The van der Waals surface area contributed by atoms with Crippen LogP contribution in [0.4, 0.5) is 0 Å². The number of allylic oxidation sites excluding steroid dienone is 1. The van der Waals surface area contributed by atoms with Gasteiger partial charge in [0.25, 0.3) is 11.5 Å². The number of carbonyl (C=O) groups excluding carboxylic acids is 1. The van der Waals surface area contributed by atoms with Crippen LogP contribution >= 0.6 is 11.3 Å². The van der Waals surface area contributed by atoms with Crippen molar-refractivity contribution < 1.29 is 9.90 Å². The fraction of sp³-hybridized carbons (Fsp3) is 0.278. The Morgan fingerprint density at radius 1 is 1.50 bits per heavy atom. The van der Waals surface area contributed by atoms with E-state index in [0.717, 1.165) is 10.6 Å². The van der Waals surface area contributed by atoms with Gasteiger partial charge in [-0.3, -0.25) is 18.6 Å². The molecule has 0 aromatic carbocycles. The second-order valence-electron chi connectivity index (χ2n) is 5.81. The number of aromatic nitrogens is 3. The van der Waals surface area contributed by atoms with Crippen LogP contribution in [0.3, 0.4) is 0 Å². The van der Waals surface area contributed by atoms with Crippen LogP contribution in [0, 0.1) is 0 Å². The van der Waals surface area contributed by atoms with Crippen molar-refractivity contribution in [2.75, 3.05) is 6.61 Å². The van der Waals surface area contributed by atoms with Crippen molar-refractivity contribution >= 4 is 22.9 Å². The first-order valence-corrected chi connectivity index (χ1v) is 9.16. The quantitative estimate of drug-likeness (QED) is 0.620. The predicted octanol–water partition coefficient (Wildman–Crippen LogP) is 1.91. The van der Waals surface area contributed by atoms with Crippen molar-refractivity contribution in [1.29, 1.82) is 0 Å². The van der Waals surface area contributed by atoms with Gasteiger partial charge in [-0.15, -0.1) is 17.9 Å². The Kier molecular flexibility index (Phi) is 5.34. The first kappa shape index (κ1) is 18.1. The highest BCUT2D eigenvalue weighted by Crippen LogP contribution is 2.24. The van der Waals surface area contributed by atoms with Crippen LogP contribution < -0.4 is 10.9 Å². The van der Waals surface area contributed by atoms with E-state index in [1.807, 2.05) is 24.4 Å². The summed E-state index contributed by atoms with van der Waals surface area (Å²) in [4.78, 5) is 30.4. The molecule has 0 spiro atoms. The smallest absolute Gasteiger partial charge is 0.295 e. The standard InChI is InChI=1S/C18H20N4O3S/c1-3-7-22-14(15-6-5-8-26-15)10-21-9-13(20-16(21)18(22)25)17(24)19-12(4-2)11-23/h3,5-6,8-10,12,23H,1,4,7,11H2,2H3,(H,19,24)/t12-/m1/s1. The summed E-state index contributed by atoms with van der Waals surface area (Å²) >= 11 is 1.53. The van der Waals surface area contributed by atoms with E-state index in [1.54, 1.807) is 21.2 Å². The average Bonchev–Trinajstić information content (AvgIpc) is 3.31. The zero-order valence-electron chi connectivity index (χ0n) is 14.4. The fourth-order valence-electron chi connectivity index (χ4n) is 2.66. The van der Waals surface area contributed by atoms with E-state index in [2.05, 4.69) is 16.9 Å². The Bertz CT molecular complexity index is 984. The highest BCUT2D eigenvalue weighted by atomic mass is 32.1. The number of aliphatic hydroxyl groups is 1. The first-order chi connectivity index (χ1) is 12.6. The van der Waals surface area contributed by atoms with E-state index in [9.17, 15) is 14.7 Å². The van der Waals surface area contributed by atoms with Crippen LogP contribution in [0.15, 0.2) is 47.4 Å². The van der Waals surface area contributed by atoms with Gasteiger partial charge >= 0.3 is 0 Å². The van der Waals surface area contributed by atoms with E-state index in [4.69, 9.17) is 0 Å². The number of hydrogen-bond donors (Lipinski definition) is 2. The summed E-state index contributed by atoms with van der Waals surface area (Å²) in [5, 5.41) is 13.9. The molecular weight excluding hydrogens is 352 g/mol. The Balaban J connectivity index is 2.09. The van der Waals surface area contributed by atoms with E-state index >= 15 is 0 Å². The number of aliphatic hydroxyl groups excluding tert-OH is 1. The number of fused-ring (bicyclic) bond motifs is 1. The SMILES string of the molecule is C=CCn1c(-c2cccs2)cn2cc(C(=O)N[C@H](CC)CO)nc2c1=O. The van der Waals surface area contributed by atoms with Gasteiger partial charge in [-0.1, -0.05) is 19.1 Å². The van der Waals surface area contributed by atoms with Crippen LogP contribution in [0.2, 0.25) is 0 Å². The molecule has 0 aliphatic heterocycles. The molecule has 0 saturated carbocycles. The molecule has 8 heteroatoms. The topological polar surface area (TPSA) is 88.6 Å². The Morgan fingerprint density at radius 3 is 2.92 bits per heavy atom. The molecule has 136 valence electrons. The average molecular weight is 372 g/mol. The predicted molar refractivity (Wildman–Crippen MR) is 102 cm³/mol. The number of rotatable bonds is 7. The van der Waals surface area contributed by atoms with Crippen LogP contribution in [-0.4, -0.2) is 37.6 Å². The van der Waals surface area contributed by atoms with Gasteiger partial charge < -0.3 is 10.4 Å². The first-order valence-electron chi connectivity index (χ1n) is 8.28. The Morgan fingerprint density at radius 2 is 2.31 bits per heavy atom. The second-order valence-corrected chi connectivity index (χ2v) is 6.76. The summed E-state index contributed by atoms with van der Waals surface area (Å²) in [6.07, 6.45) is 5.58. The van der Waals surface area contributed by atoms with Gasteiger partial charge in [-0.05, 0) is 17.9 Å². The highest BCUT2D eigenvalue weighted by molar-refractivity contribution is 7.13. The van der Waals surface area contributed by atoms with Gasteiger partial charge in [-0.25, -0.2) is 4.98 Å². The van der Waals surface area contributed by atoms with Crippen molar-refractivity contribution in [3.63, 3.8) is 0 Å². The van der Waals surface area contributed by atoms with Crippen molar-refractivity contribution in [2.24, 2.45) is 0 Å². The molecule has 1 amide bonds. The molecule has 0 saturated heterocycles. The molecule has 0 fully saturated rings. The number of thiophene rings is 1. The molecule has 0 unspecified atom stereocenters. The molecule has 0 radical (unpaired) electrons. The lowest BCUT2D eigenvalue weighted by molar-refractivity contribution is 0.0910. The zero-order valence-corrected chi connectivity index (χ0v) is 15.2. The molecule has 0 bridgehead atoms. The van der Waals surface area contributed by atoms with Crippen molar-refractivity contribution in [2.45, 2.75) is 25.9 Å². The molecule has 3 aromatic heterocycles. The summed E-state index contributed by atoms with van der Waals surface area (Å²) in [7, 11) is 0. The third-order valence-corrected chi connectivity index (χ3v) is 4.98. The van der Waals surface area contributed by atoms with Crippen molar-refractivity contribution in [3.05, 3.63) is 58.6 Å². The number of imidazole rings is 1. The molecule has 3 aromatic rings. The highest BCUT2D eigenvalue weighted by Gasteiger charge is 2.18. The van der Waals surface area contributed by atoms with Gasteiger partial charge in [-0.2, -0.15) is 0 Å². The van der Waals surface area contributed by atoms with E-state index in [1.165, 1.54) is 17.5 Å². The number of amides is 1. The maximum atomic E-state index is 12.9. The lowest BCUT2D eigenvalue weighted by Crippen LogP contribution is -2.37. The molecule has 1 atom stereocenters. The maximum absolute atomic E-state index is 12.9. The number of carbonyl (C=O) groups is 1. The lowest BCUT2D eigenvalue weighted by atomic mass is 10.2. The second kappa shape index (κ2) is 7.67. The number of nitrogens with one attached hydrogen (secondary N) is 1. The summed E-state index contributed by atoms with van der Waals surface area (Å²) in [6.45, 7) is 5.78. The van der Waals surface area contributed by atoms with E-state index < -0.39 is 5.91 Å². The summed E-state index contributed by atoms with van der Waals surface area (Å²) < 4.78 is 3.16. The minimum atomic E-state index is -0.415. The van der Waals surface area contributed by atoms with Crippen LogP contribution in [0.5, 0.6) is 0 Å². The third-order valence-electron chi connectivity index (χ3n) is 4.09.